The molecule has 7 heteroatoms. The van der Waals surface area contributed by atoms with Crippen molar-refractivity contribution in [2.75, 3.05) is 33.3 Å². The average molecular weight is 392 g/mol. The lowest BCUT2D eigenvalue weighted by atomic mass is 10.2. The summed E-state index contributed by atoms with van der Waals surface area (Å²) in [6.07, 6.45) is 3.03. The lowest BCUT2D eigenvalue weighted by molar-refractivity contribution is -0.111. The highest BCUT2D eigenvalue weighted by molar-refractivity contribution is 6.32. The van der Waals surface area contributed by atoms with E-state index in [2.05, 4.69) is 5.32 Å². The minimum atomic E-state index is -0.327. The number of carbonyl (C=O) groups is 1. The molecule has 1 N–H and O–H groups in total. The first-order chi connectivity index (χ1) is 13.0. The largest absolute Gasteiger partial charge is 0.497 e. The number of anilines is 1. The Hall–Kier alpha value is -2.86. The number of carbonyl (C=O) groups excluding carboxylic acids is 1. The number of halogens is 1. The quantitative estimate of drug-likeness (QED) is 0.675. The van der Waals surface area contributed by atoms with E-state index in [0.29, 0.717) is 45.9 Å². The van der Waals surface area contributed by atoms with Crippen molar-refractivity contribution < 1.29 is 23.7 Å². The van der Waals surface area contributed by atoms with Crippen LogP contribution in [0.2, 0.25) is 5.02 Å². The molecule has 0 saturated carbocycles. The van der Waals surface area contributed by atoms with Crippen molar-refractivity contribution in [1.82, 2.24) is 0 Å². The zero-order valence-corrected chi connectivity index (χ0v) is 16.4. The number of hydrogen-bond donors (Lipinski definition) is 1. The first kappa shape index (κ1) is 20.5. The van der Waals surface area contributed by atoms with Gasteiger partial charge in [-0.2, -0.15) is 0 Å². The van der Waals surface area contributed by atoms with Gasteiger partial charge in [0.2, 0.25) is 5.91 Å². The topological polar surface area (TPSA) is 66.0 Å². The molecule has 0 bridgehead atoms. The molecule has 0 fully saturated rings. The summed E-state index contributed by atoms with van der Waals surface area (Å²) in [5.41, 5.74) is 1.21. The molecule has 27 heavy (non-hydrogen) atoms. The molecule has 0 aliphatic carbocycles. The van der Waals surface area contributed by atoms with E-state index in [-0.39, 0.29) is 5.91 Å². The van der Waals surface area contributed by atoms with Gasteiger partial charge in [0.15, 0.2) is 11.5 Å². The number of methoxy groups -OCH3 is 3. The van der Waals surface area contributed by atoms with Gasteiger partial charge in [-0.25, -0.2) is 0 Å². The smallest absolute Gasteiger partial charge is 0.248 e. The number of benzene rings is 2. The molecule has 0 atom stereocenters. The summed E-state index contributed by atoms with van der Waals surface area (Å²) in [7, 11) is 4.60. The van der Waals surface area contributed by atoms with Gasteiger partial charge in [0, 0.05) is 12.1 Å². The van der Waals surface area contributed by atoms with Crippen molar-refractivity contribution in [3.8, 4) is 23.0 Å². The molecule has 2 aromatic rings. The van der Waals surface area contributed by atoms with Crippen LogP contribution in [0.5, 0.6) is 23.0 Å². The summed E-state index contributed by atoms with van der Waals surface area (Å²) >= 11 is 6.22. The van der Waals surface area contributed by atoms with Crippen molar-refractivity contribution in [2.45, 2.75) is 6.92 Å². The fourth-order valence-electron chi connectivity index (χ4n) is 2.40. The Balaban J connectivity index is 2.20. The van der Waals surface area contributed by atoms with Crippen molar-refractivity contribution in [1.29, 1.82) is 0 Å². The van der Waals surface area contributed by atoms with E-state index in [4.69, 9.17) is 30.5 Å². The molecule has 0 heterocycles. The van der Waals surface area contributed by atoms with E-state index < -0.39 is 0 Å². The van der Waals surface area contributed by atoms with Crippen molar-refractivity contribution in [3.05, 3.63) is 47.0 Å². The molecular weight excluding hydrogens is 370 g/mol. The summed E-state index contributed by atoms with van der Waals surface area (Å²) in [4.78, 5) is 12.3. The first-order valence-electron chi connectivity index (χ1n) is 8.23. The van der Waals surface area contributed by atoms with E-state index in [1.165, 1.54) is 20.3 Å². The van der Waals surface area contributed by atoms with Gasteiger partial charge in [-0.1, -0.05) is 11.6 Å². The van der Waals surface area contributed by atoms with Crippen LogP contribution in [0.15, 0.2) is 36.4 Å². The van der Waals surface area contributed by atoms with Crippen LogP contribution in [-0.4, -0.2) is 33.8 Å². The Kier molecular flexibility index (Phi) is 7.37. The van der Waals surface area contributed by atoms with E-state index in [0.717, 1.165) is 0 Å². The Bertz CT molecular complexity index is 835. The fraction of sp³-hybridized carbons (Fsp3) is 0.250. The number of hydrogen-bond acceptors (Lipinski definition) is 5. The molecule has 6 nitrogen and oxygen atoms in total. The van der Waals surface area contributed by atoms with Gasteiger partial charge in [-0.15, -0.1) is 0 Å². The molecule has 0 aliphatic heterocycles. The summed E-state index contributed by atoms with van der Waals surface area (Å²) in [6.45, 7) is 2.33. The summed E-state index contributed by atoms with van der Waals surface area (Å²) < 4.78 is 21.2. The molecule has 0 aromatic heterocycles. The lowest BCUT2D eigenvalue weighted by Crippen LogP contribution is -2.09. The molecular formula is C20H22ClNO5. The third-order valence-electron chi connectivity index (χ3n) is 3.63. The maximum Gasteiger partial charge on any atom is 0.248 e. The van der Waals surface area contributed by atoms with Gasteiger partial charge < -0.3 is 24.3 Å². The van der Waals surface area contributed by atoms with Crippen molar-refractivity contribution in [2.24, 2.45) is 0 Å². The van der Waals surface area contributed by atoms with Gasteiger partial charge in [0.25, 0.3) is 0 Å². The standard InChI is InChI=1S/C20H22ClNO5/c1-5-27-18-11-13(10-15(21)20(18)26-4)6-9-19(23)22-16-12-14(24-2)7-8-17(16)25-3/h6-12H,5H2,1-4H3,(H,22,23)/b9-6+. The summed E-state index contributed by atoms with van der Waals surface area (Å²) in [6, 6.07) is 8.60. The average Bonchev–Trinajstić information content (AvgIpc) is 2.66. The molecule has 1 amide bonds. The zero-order valence-electron chi connectivity index (χ0n) is 15.7. The molecule has 0 aliphatic rings. The highest BCUT2D eigenvalue weighted by atomic mass is 35.5. The normalized spacial score (nSPS) is 10.6. The third-order valence-corrected chi connectivity index (χ3v) is 3.91. The van der Waals surface area contributed by atoms with Crippen LogP contribution in [0, 0.1) is 0 Å². The van der Waals surface area contributed by atoms with E-state index in [1.807, 2.05) is 6.92 Å². The number of rotatable bonds is 8. The minimum absolute atomic E-state index is 0.327. The highest BCUT2D eigenvalue weighted by Gasteiger charge is 2.11. The lowest BCUT2D eigenvalue weighted by Gasteiger charge is -2.12. The van der Waals surface area contributed by atoms with Gasteiger partial charge in [0.05, 0.1) is 38.6 Å². The SMILES string of the molecule is CCOc1cc(/C=C/C(=O)Nc2cc(OC)ccc2OC)cc(Cl)c1OC. The third kappa shape index (κ3) is 5.31. The fourth-order valence-corrected chi connectivity index (χ4v) is 2.70. The molecule has 0 radical (unpaired) electrons. The second-order valence-electron chi connectivity index (χ2n) is 5.36. The predicted molar refractivity (Wildman–Crippen MR) is 106 cm³/mol. The van der Waals surface area contributed by atoms with Crippen LogP contribution in [0.4, 0.5) is 5.69 Å². The minimum Gasteiger partial charge on any atom is -0.497 e. The summed E-state index contributed by atoms with van der Waals surface area (Å²) in [5.74, 6) is 1.79. The predicted octanol–water partition coefficient (Wildman–Crippen LogP) is 4.42. The van der Waals surface area contributed by atoms with Gasteiger partial charge in [0.1, 0.15) is 11.5 Å². The van der Waals surface area contributed by atoms with Crippen molar-refractivity contribution in [3.63, 3.8) is 0 Å². The van der Waals surface area contributed by atoms with Crippen LogP contribution in [0.25, 0.3) is 6.08 Å². The van der Waals surface area contributed by atoms with Gasteiger partial charge >= 0.3 is 0 Å². The van der Waals surface area contributed by atoms with Crippen LogP contribution in [0.3, 0.4) is 0 Å². The Labute approximate surface area is 163 Å². The zero-order chi connectivity index (χ0) is 19.8. The summed E-state index contributed by atoms with van der Waals surface area (Å²) in [5, 5.41) is 3.16. The number of ether oxygens (including phenoxy) is 4. The van der Waals surface area contributed by atoms with Crippen LogP contribution >= 0.6 is 11.6 Å². The molecule has 0 spiro atoms. The Morgan fingerprint density at radius 1 is 1.07 bits per heavy atom. The van der Waals surface area contributed by atoms with Gasteiger partial charge in [-0.05, 0) is 42.8 Å². The second-order valence-corrected chi connectivity index (χ2v) is 5.76. The van der Waals surface area contributed by atoms with Crippen LogP contribution < -0.4 is 24.3 Å². The molecule has 2 rings (SSSR count). The van der Waals surface area contributed by atoms with Gasteiger partial charge in [-0.3, -0.25) is 4.79 Å². The maximum atomic E-state index is 12.3. The van der Waals surface area contributed by atoms with E-state index in [1.54, 1.807) is 43.5 Å². The molecule has 0 unspecified atom stereocenters. The highest BCUT2D eigenvalue weighted by Crippen LogP contribution is 2.36. The number of amides is 1. The van der Waals surface area contributed by atoms with Crippen molar-refractivity contribution >= 4 is 29.3 Å². The van der Waals surface area contributed by atoms with E-state index in [9.17, 15) is 4.79 Å². The number of nitrogens with one attached hydrogen (secondary N) is 1. The van der Waals surface area contributed by atoms with Crippen LogP contribution in [0.1, 0.15) is 12.5 Å². The first-order valence-corrected chi connectivity index (χ1v) is 8.61. The Morgan fingerprint density at radius 2 is 1.85 bits per heavy atom. The van der Waals surface area contributed by atoms with Crippen LogP contribution in [-0.2, 0) is 4.79 Å². The second kappa shape index (κ2) is 9.73. The molecule has 144 valence electrons. The molecule has 0 saturated heterocycles. The maximum absolute atomic E-state index is 12.3. The van der Waals surface area contributed by atoms with E-state index >= 15 is 0 Å². The Morgan fingerprint density at radius 3 is 2.48 bits per heavy atom. The molecule has 2 aromatic carbocycles. The monoisotopic (exact) mass is 391 g/mol.